The number of rotatable bonds is 4. The van der Waals surface area contributed by atoms with Crippen LogP contribution in [-0.2, 0) is 20.9 Å². The SMILES string of the molecule is COCc1cccc(NC(=O)C2CC(=O)Nc3ccccc32)c1. The molecule has 2 N–H and O–H groups in total. The molecule has 0 saturated carbocycles. The van der Waals surface area contributed by atoms with Gasteiger partial charge < -0.3 is 15.4 Å². The first-order valence-electron chi connectivity index (χ1n) is 7.45. The number of para-hydroxylation sites is 1. The van der Waals surface area contributed by atoms with Gasteiger partial charge in [-0.05, 0) is 29.3 Å². The fourth-order valence-electron chi connectivity index (χ4n) is 2.78. The maximum absolute atomic E-state index is 12.6. The zero-order valence-corrected chi connectivity index (χ0v) is 12.8. The number of ether oxygens (including phenoxy) is 1. The molecular weight excluding hydrogens is 292 g/mol. The van der Waals surface area contributed by atoms with Crippen LogP contribution in [0.3, 0.4) is 0 Å². The van der Waals surface area contributed by atoms with E-state index < -0.39 is 5.92 Å². The monoisotopic (exact) mass is 310 g/mol. The minimum Gasteiger partial charge on any atom is -0.380 e. The highest BCUT2D eigenvalue weighted by Gasteiger charge is 2.30. The number of hydrogen-bond donors (Lipinski definition) is 2. The summed E-state index contributed by atoms with van der Waals surface area (Å²) in [6.45, 7) is 0.485. The maximum Gasteiger partial charge on any atom is 0.232 e. The molecule has 5 heteroatoms. The average molecular weight is 310 g/mol. The molecule has 2 amide bonds. The van der Waals surface area contributed by atoms with Gasteiger partial charge in [-0.2, -0.15) is 0 Å². The Hall–Kier alpha value is -2.66. The quantitative estimate of drug-likeness (QED) is 0.912. The topological polar surface area (TPSA) is 67.4 Å². The van der Waals surface area contributed by atoms with Gasteiger partial charge in [0, 0.05) is 24.9 Å². The first-order chi connectivity index (χ1) is 11.2. The Morgan fingerprint density at radius 3 is 2.91 bits per heavy atom. The number of benzene rings is 2. The number of amides is 2. The van der Waals surface area contributed by atoms with Crippen LogP contribution in [0, 0.1) is 0 Å². The summed E-state index contributed by atoms with van der Waals surface area (Å²) in [6.07, 6.45) is 0.153. The second kappa shape index (κ2) is 6.62. The molecule has 0 bridgehead atoms. The lowest BCUT2D eigenvalue weighted by molar-refractivity contribution is -0.123. The Balaban J connectivity index is 1.81. The van der Waals surface area contributed by atoms with Crippen LogP contribution in [-0.4, -0.2) is 18.9 Å². The normalized spacial score (nSPS) is 16.4. The van der Waals surface area contributed by atoms with Gasteiger partial charge in [0.2, 0.25) is 11.8 Å². The number of carbonyl (C=O) groups excluding carboxylic acids is 2. The minimum absolute atomic E-state index is 0.142. The first kappa shape index (κ1) is 15.2. The molecule has 118 valence electrons. The number of nitrogens with one attached hydrogen (secondary N) is 2. The van der Waals surface area contributed by atoms with Crippen molar-refractivity contribution in [2.24, 2.45) is 0 Å². The van der Waals surface area contributed by atoms with Crippen LogP contribution >= 0.6 is 0 Å². The van der Waals surface area contributed by atoms with E-state index in [1.165, 1.54) is 0 Å². The van der Waals surface area contributed by atoms with E-state index in [9.17, 15) is 9.59 Å². The maximum atomic E-state index is 12.6. The van der Waals surface area contributed by atoms with Crippen LogP contribution in [0.15, 0.2) is 48.5 Å². The first-order valence-corrected chi connectivity index (χ1v) is 7.45. The third-order valence-corrected chi connectivity index (χ3v) is 3.82. The summed E-state index contributed by atoms with van der Waals surface area (Å²) < 4.78 is 5.10. The van der Waals surface area contributed by atoms with Gasteiger partial charge in [-0.15, -0.1) is 0 Å². The van der Waals surface area contributed by atoms with Crippen molar-refractivity contribution in [3.8, 4) is 0 Å². The van der Waals surface area contributed by atoms with Crippen LogP contribution in [0.2, 0.25) is 0 Å². The van der Waals surface area contributed by atoms with Crippen LogP contribution in [0.4, 0.5) is 11.4 Å². The van der Waals surface area contributed by atoms with Crippen molar-refractivity contribution in [2.75, 3.05) is 17.7 Å². The van der Waals surface area contributed by atoms with Crippen molar-refractivity contribution in [1.29, 1.82) is 0 Å². The molecule has 5 nitrogen and oxygen atoms in total. The average Bonchev–Trinajstić information content (AvgIpc) is 2.54. The van der Waals surface area contributed by atoms with Gasteiger partial charge in [-0.25, -0.2) is 0 Å². The Morgan fingerprint density at radius 1 is 1.26 bits per heavy atom. The predicted octanol–water partition coefficient (Wildman–Crippen LogP) is 2.90. The fourth-order valence-corrected chi connectivity index (χ4v) is 2.78. The fraction of sp³-hybridized carbons (Fsp3) is 0.222. The van der Waals surface area contributed by atoms with Gasteiger partial charge in [0.1, 0.15) is 0 Å². The molecular formula is C18H18N2O3. The lowest BCUT2D eigenvalue weighted by Gasteiger charge is -2.24. The Labute approximate surface area is 134 Å². The highest BCUT2D eigenvalue weighted by Crippen LogP contribution is 2.32. The molecule has 3 rings (SSSR count). The van der Waals surface area contributed by atoms with Crippen LogP contribution in [0.5, 0.6) is 0 Å². The van der Waals surface area contributed by atoms with Crippen molar-refractivity contribution in [3.63, 3.8) is 0 Å². The smallest absolute Gasteiger partial charge is 0.232 e. The van der Waals surface area contributed by atoms with E-state index in [4.69, 9.17) is 4.74 Å². The summed E-state index contributed by atoms with van der Waals surface area (Å²) in [5.41, 5.74) is 3.23. The molecule has 0 fully saturated rings. The van der Waals surface area contributed by atoms with Crippen molar-refractivity contribution >= 4 is 23.2 Å². The molecule has 0 aliphatic carbocycles. The standard InChI is InChI=1S/C18H18N2O3/c1-23-11-12-5-4-6-13(9-12)19-18(22)15-10-17(21)20-16-8-3-2-7-14(15)16/h2-9,15H,10-11H2,1H3,(H,19,22)(H,20,21). The van der Waals surface area contributed by atoms with E-state index in [1.807, 2.05) is 48.5 Å². The van der Waals surface area contributed by atoms with Crippen LogP contribution in [0.1, 0.15) is 23.5 Å². The third-order valence-electron chi connectivity index (χ3n) is 3.82. The van der Waals surface area contributed by atoms with Gasteiger partial charge in [-0.1, -0.05) is 30.3 Å². The van der Waals surface area contributed by atoms with E-state index in [2.05, 4.69) is 10.6 Å². The third kappa shape index (κ3) is 3.40. The van der Waals surface area contributed by atoms with Gasteiger partial charge >= 0.3 is 0 Å². The molecule has 1 atom stereocenters. The molecule has 0 spiro atoms. The second-order valence-corrected chi connectivity index (χ2v) is 5.51. The lowest BCUT2D eigenvalue weighted by atomic mass is 9.90. The second-order valence-electron chi connectivity index (χ2n) is 5.51. The summed E-state index contributed by atoms with van der Waals surface area (Å²) in [6, 6.07) is 14.9. The Kier molecular flexibility index (Phi) is 4.39. The molecule has 1 aliphatic heterocycles. The van der Waals surface area contributed by atoms with E-state index in [-0.39, 0.29) is 18.2 Å². The van der Waals surface area contributed by atoms with Crippen molar-refractivity contribution in [1.82, 2.24) is 0 Å². The predicted molar refractivity (Wildman–Crippen MR) is 88.2 cm³/mol. The Morgan fingerprint density at radius 2 is 2.09 bits per heavy atom. The lowest BCUT2D eigenvalue weighted by Crippen LogP contribution is -2.30. The van der Waals surface area contributed by atoms with Crippen molar-refractivity contribution in [2.45, 2.75) is 18.9 Å². The number of methoxy groups -OCH3 is 1. The molecule has 1 heterocycles. The van der Waals surface area contributed by atoms with E-state index in [1.54, 1.807) is 7.11 Å². The molecule has 2 aromatic rings. The van der Waals surface area contributed by atoms with Gasteiger partial charge in [0.05, 0.1) is 12.5 Å². The summed E-state index contributed by atoms with van der Waals surface area (Å²) >= 11 is 0. The summed E-state index contributed by atoms with van der Waals surface area (Å²) in [5, 5.41) is 5.70. The van der Waals surface area contributed by atoms with Crippen molar-refractivity contribution < 1.29 is 14.3 Å². The van der Waals surface area contributed by atoms with Crippen molar-refractivity contribution in [3.05, 3.63) is 59.7 Å². The highest BCUT2D eigenvalue weighted by molar-refractivity contribution is 6.05. The summed E-state index contributed by atoms with van der Waals surface area (Å²) in [4.78, 5) is 24.4. The zero-order valence-electron chi connectivity index (χ0n) is 12.8. The molecule has 23 heavy (non-hydrogen) atoms. The van der Waals surface area contributed by atoms with E-state index >= 15 is 0 Å². The van der Waals surface area contributed by atoms with Gasteiger partial charge in [-0.3, -0.25) is 9.59 Å². The molecule has 0 radical (unpaired) electrons. The van der Waals surface area contributed by atoms with Gasteiger partial charge in [0.15, 0.2) is 0 Å². The highest BCUT2D eigenvalue weighted by atomic mass is 16.5. The van der Waals surface area contributed by atoms with E-state index in [0.29, 0.717) is 18.0 Å². The largest absolute Gasteiger partial charge is 0.380 e. The van der Waals surface area contributed by atoms with E-state index in [0.717, 1.165) is 11.1 Å². The molecule has 1 unspecified atom stereocenters. The zero-order chi connectivity index (χ0) is 16.2. The molecule has 0 aromatic heterocycles. The molecule has 1 aliphatic rings. The summed E-state index contributed by atoms with van der Waals surface area (Å²) in [5.74, 6) is -0.801. The van der Waals surface area contributed by atoms with Crippen LogP contribution in [0.25, 0.3) is 0 Å². The van der Waals surface area contributed by atoms with Crippen LogP contribution < -0.4 is 10.6 Å². The molecule has 2 aromatic carbocycles. The van der Waals surface area contributed by atoms with Gasteiger partial charge in [0.25, 0.3) is 0 Å². The number of anilines is 2. The number of carbonyl (C=O) groups is 2. The number of fused-ring (bicyclic) bond motifs is 1. The minimum atomic E-state index is -0.481. The summed E-state index contributed by atoms with van der Waals surface area (Å²) in [7, 11) is 1.63. The molecule has 0 saturated heterocycles. The number of hydrogen-bond acceptors (Lipinski definition) is 3. The Bertz CT molecular complexity index is 743.